The van der Waals surface area contributed by atoms with Gasteiger partial charge >= 0.3 is 0 Å². The van der Waals surface area contributed by atoms with Crippen molar-refractivity contribution < 1.29 is 9.18 Å². The lowest BCUT2D eigenvalue weighted by atomic mass is 10.0. The minimum atomic E-state index is -0.336. The number of aryl methyl sites for hydroxylation is 1. The predicted octanol–water partition coefficient (Wildman–Crippen LogP) is 2.20. The molecule has 0 bridgehead atoms. The summed E-state index contributed by atoms with van der Waals surface area (Å²) >= 11 is 1.39. The highest BCUT2D eigenvalue weighted by Crippen LogP contribution is 2.30. The van der Waals surface area contributed by atoms with Gasteiger partial charge in [0.25, 0.3) is 0 Å². The van der Waals surface area contributed by atoms with E-state index in [1.165, 1.54) is 23.5 Å². The minimum absolute atomic E-state index is 0.00990. The Hall–Kier alpha value is -2.02. The van der Waals surface area contributed by atoms with E-state index < -0.39 is 0 Å². The molecule has 0 fully saturated rings. The number of benzene rings is 1. The maximum absolute atomic E-state index is 13.4. The van der Waals surface area contributed by atoms with Crippen molar-refractivity contribution in [2.75, 3.05) is 17.3 Å². The largest absolute Gasteiger partial charge is 0.363 e. The number of fused-ring (bicyclic) bond motifs is 1. The third-order valence-corrected chi connectivity index (χ3v) is 4.15. The van der Waals surface area contributed by atoms with Crippen LogP contribution < -0.4 is 10.2 Å². The quantitative estimate of drug-likeness (QED) is 0.942. The second kappa shape index (κ2) is 5.16. The van der Waals surface area contributed by atoms with E-state index >= 15 is 0 Å². The molecule has 0 unspecified atom stereocenters. The number of hydrogen-bond acceptors (Lipinski definition) is 5. The van der Waals surface area contributed by atoms with Crippen molar-refractivity contribution in [1.82, 2.24) is 10.2 Å². The van der Waals surface area contributed by atoms with E-state index in [0.29, 0.717) is 30.2 Å². The first-order valence-electron chi connectivity index (χ1n) is 6.26. The van der Waals surface area contributed by atoms with Gasteiger partial charge in [-0.25, -0.2) is 4.39 Å². The van der Waals surface area contributed by atoms with Gasteiger partial charge in [0, 0.05) is 13.5 Å². The SMILES string of the molecule is CNc1nnc(CN2C(=O)CCc3ccc(F)cc32)s1. The summed E-state index contributed by atoms with van der Waals surface area (Å²) in [4.78, 5) is 13.7. The standard InChI is InChI=1S/C13H13FN4OS/c1-15-13-17-16-11(20-13)7-18-10-6-9(14)4-2-8(10)3-5-12(18)19/h2,4,6H,3,5,7H2,1H3,(H,15,17). The normalized spacial score (nSPS) is 14.3. The summed E-state index contributed by atoms with van der Waals surface area (Å²) in [5.74, 6) is -0.346. The van der Waals surface area contributed by atoms with Crippen LogP contribution >= 0.6 is 11.3 Å². The summed E-state index contributed by atoms with van der Waals surface area (Å²) in [6, 6.07) is 4.58. The molecule has 20 heavy (non-hydrogen) atoms. The van der Waals surface area contributed by atoms with Crippen LogP contribution in [0.3, 0.4) is 0 Å². The number of amides is 1. The molecule has 0 spiro atoms. The van der Waals surface area contributed by atoms with Crippen LogP contribution in [0, 0.1) is 5.82 Å². The molecule has 5 nitrogen and oxygen atoms in total. The van der Waals surface area contributed by atoms with Crippen molar-refractivity contribution in [3.8, 4) is 0 Å². The lowest BCUT2D eigenvalue weighted by molar-refractivity contribution is -0.119. The fraction of sp³-hybridized carbons (Fsp3) is 0.308. The molecule has 1 aliphatic rings. The number of nitrogens with zero attached hydrogens (tertiary/aromatic N) is 3. The van der Waals surface area contributed by atoms with E-state index in [0.717, 1.165) is 10.6 Å². The van der Waals surface area contributed by atoms with E-state index in [1.54, 1.807) is 18.0 Å². The number of carbonyl (C=O) groups excluding carboxylic acids is 1. The number of nitrogens with one attached hydrogen (secondary N) is 1. The lowest BCUT2D eigenvalue weighted by Crippen LogP contribution is -2.34. The molecule has 7 heteroatoms. The van der Waals surface area contributed by atoms with Gasteiger partial charge in [-0.15, -0.1) is 10.2 Å². The molecule has 1 aromatic heterocycles. The van der Waals surface area contributed by atoms with E-state index in [9.17, 15) is 9.18 Å². The highest BCUT2D eigenvalue weighted by molar-refractivity contribution is 7.15. The zero-order valence-corrected chi connectivity index (χ0v) is 11.7. The zero-order valence-electron chi connectivity index (χ0n) is 10.9. The molecule has 104 valence electrons. The van der Waals surface area contributed by atoms with E-state index in [-0.39, 0.29) is 11.7 Å². The second-order valence-corrected chi connectivity index (χ2v) is 5.57. The predicted molar refractivity (Wildman–Crippen MR) is 75.4 cm³/mol. The van der Waals surface area contributed by atoms with Crippen molar-refractivity contribution in [2.24, 2.45) is 0 Å². The van der Waals surface area contributed by atoms with Crippen LogP contribution in [-0.4, -0.2) is 23.2 Å². The summed E-state index contributed by atoms with van der Waals surface area (Å²) in [5, 5.41) is 12.3. The van der Waals surface area contributed by atoms with Crippen LogP contribution in [0.5, 0.6) is 0 Å². The van der Waals surface area contributed by atoms with Crippen molar-refractivity contribution in [3.63, 3.8) is 0 Å². The van der Waals surface area contributed by atoms with Crippen molar-refractivity contribution in [1.29, 1.82) is 0 Å². The Morgan fingerprint density at radius 3 is 3.00 bits per heavy atom. The summed E-state index contributed by atoms with van der Waals surface area (Å²) in [7, 11) is 1.76. The number of rotatable bonds is 3. The molecule has 0 aliphatic carbocycles. The molecule has 2 heterocycles. The van der Waals surface area contributed by atoms with E-state index in [4.69, 9.17) is 0 Å². The molecule has 1 aromatic carbocycles. The lowest BCUT2D eigenvalue weighted by Gasteiger charge is -2.28. The Morgan fingerprint density at radius 1 is 1.40 bits per heavy atom. The monoisotopic (exact) mass is 292 g/mol. The zero-order chi connectivity index (χ0) is 14.1. The first-order valence-corrected chi connectivity index (χ1v) is 7.08. The molecule has 1 amide bonds. The molecular formula is C13H13FN4OS. The average molecular weight is 292 g/mol. The van der Waals surface area contributed by atoms with Crippen LogP contribution in [0.4, 0.5) is 15.2 Å². The number of anilines is 2. The van der Waals surface area contributed by atoms with E-state index in [2.05, 4.69) is 15.5 Å². The molecule has 0 saturated heterocycles. The Labute approximate surface area is 119 Å². The van der Waals surface area contributed by atoms with Gasteiger partial charge in [-0.1, -0.05) is 17.4 Å². The fourth-order valence-electron chi connectivity index (χ4n) is 2.24. The summed E-state index contributed by atoms with van der Waals surface area (Å²) < 4.78 is 13.4. The molecule has 0 atom stereocenters. The molecule has 2 aromatic rings. The Morgan fingerprint density at radius 2 is 2.25 bits per heavy atom. The second-order valence-electron chi connectivity index (χ2n) is 4.50. The molecule has 1 aliphatic heterocycles. The molecule has 3 rings (SSSR count). The maximum Gasteiger partial charge on any atom is 0.227 e. The fourth-order valence-corrected chi connectivity index (χ4v) is 2.92. The van der Waals surface area contributed by atoms with Crippen molar-refractivity contribution >= 4 is 28.1 Å². The maximum atomic E-state index is 13.4. The summed E-state index contributed by atoms with van der Waals surface area (Å²) in [6.07, 6.45) is 1.10. The highest BCUT2D eigenvalue weighted by atomic mass is 32.1. The van der Waals surface area contributed by atoms with Gasteiger partial charge in [0.05, 0.1) is 12.2 Å². The van der Waals surface area contributed by atoms with Gasteiger partial charge < -0.3 is 10.2 Å². The number of carbonyl (C=O) groups is 1. The average Bonchev–Trinajstić information content (AvgIpc) is 2.90. The van der Waals surface area contributed by atoms with Gasteiger partial charge in [0.15, 0.2) is 0 Å². The molecular weight excluding hydrogens is 279 g/mol. The van der Waals surface area contributed by atoms with Gasteiger partial charge in [0.2, 0.25) is 11.0 Å². The first-order chi connectivity index (χ1) is 9.67. The Balaban J connectivity index is 1.92. The molecule has 1 N–H and O–H groups in total. The van der Waals surface area contributed by atoms with Crippen LogP contribution in [0.2, 0.25) is 0 Å². The number of halogens is 1. The summed E-state index contributed by atoms with van der Waals surface area (Å²) in [5.41, 5.74) is 1.63. The van der Waals surface area contributed by atoms with Crippen molar-refractivity contribution in [3.05, 3.63) is 34.6 Å². The van der Waals surface area contributed by atoms with E-state index in [1.807, 2.05) is 0 Å². The minimum Gasteiger partial charge on any atom is -0.363 e. The van der Waals surface area contributed by atoms with Gasteiger partial charge in [-0.2, -0.15) is 0 Å². The first kappa shape index (κ1) is 13.0. The van der Waals surface area contributed by atoms with Gasteiger partial charge in [0.1, 0.15) is 10.8 Å². The number of hydrogen-bond donors (Lipinski definition) is 1. The van der Waals surface area contributed by atoms with Crippen LogP contribution in [0.1, 0.15) is 17.0 Å². The van der Waals surface area contributed by atoms with Crippen molar-refractivity contribution in [2.45, 2.75) is 19.4 Å². The topological polar surface area (TPSA) is 58.1 Å². The smallest absolute Gasteiger partial charge is 0.227 e. The Kier molecular flexibility index (Phi) is 3.35. The van der Waals surface area contributed by atoms with Gasteiger partial charge in [-0.3, -0.25) is 4.79 Å². The third kappa shape index (κ3) is 2.36. The molecule has 0 saturated carbocycles. The molecule has 0 radical (unpaired) electrons. The summed E-state index contributed by atoms with van der Waals surface area (Å²) in [6.45, 7) is 0.328. The van der Waals surface area contributed by atoms with Crippen LogP contribution in [-0.2, 0) is 17.8 Å². The van der Waals surface area contributed by atoms with Gasteiger partial charge in [-0.05, 0) is 24.1 Å². The highest BCUT2D eigenvalue weighted by Gasteiger charge is 2.25. The van der Waals surface area contributed by atoms with Crippen LogP contribution in [0.15, 0.2) is 18.2 Å². The van der Waals surface area contributed by atoms with Crippen LogP contribution in [0.25, 0.3) is 0 Å². The third-order valence-electron chi connectivity index (χ3n) is 3.22. The number of aromatic nitrogens is 2. The Bertz CT molecular complexity index is 658.